The van der Waals surface area contributed by atoms with Crippen molar-refractivity contribution in [1.29, 1.82) is 0 Å². The maximum atomic E-state index is 13.6. The number of hydrogen-bond donors (Lipinski definition) is 0. The highest BCUT2D eigenvalue weighted by Gasteiger charge is 2.37. The Balaban J connectivity index is 1.60. The van der Waals surface area contributed by atoms with Crippen LogP contribution in [0.25, 0.3) is 0 Å². The molecule has 1 saturated heterocycles. The first kappa shape index (κ1) is 24.2. The van der Waals surface area contributed by atoms with E-state index in [-0.39, 0.29) is 24.5 Å². The van der Waals surface area contributed by atoms with E-state index in [1.807, 2.05) is 53.4 Å². The molecule has 0 spiro atoms. The first-order valence-electron chi connectivity index (χ1n) is 11.7. The third kappa shape index (κ3) is 5.26. The molecule has 8 heteroatoms. The van der Waals surface area contributed by atoms with Crippen LogP contribution < -0.4 is 4.74 Å². The molecule has 1 amide bonds. The van der Waals surface area contributed by atoms with Gasteiger partial charge >= 0.3 is 5.97 Å². The minimum absolute atomic E-state index is 0.101. The first-order valence-corrected chi connectivity index (χ1v) is 12.1. The monoisotopic (exact) mass is 483 g/mol. The number of methoxy groups -OCH3 is 1. The van der Waals surface area contributed by atoms with Crippen molar-refractivity contribution >= 4 is 29.2 Å². The third-order valence-corrected chi connectivity index (χ3v) is 6.71. The minimum atomic E-state index is -0.399. The quantitative estimate of drug-likeness (QED) is 0.544. The lowest BCUT2D eigenvalue weighted by Crippen LogP contribution is -2.49. The molecule has 2 atom stereocenters. The Labute approximate surface area is 205 Å². The van der Waals surface area contributed by atoms with E-state index in [4.69, 9.17) is 26.2 Å². The standard InChI is InChI=1S/C26H30ClN3O4/c1-3-34-26(32)23-10-6-7-15-29(23)17-25(31)30-24(20-8-4-5-9-21(20)27)16-22(28-30)18-11-13-19(33-2)14-12-18/h4-5,8-9,11-14,23-24H,3,6-7,10,15-17H2,1-2H3. The number of rotatable bonds is 7. The van der Waals surface area contributed by atoms with Gasteiger partial charge in [-0.15, -0.1) is 0 Å². The lowest BCUT2D eigenvalue weighted by Gasteiger charge is -2.34. The summed E-state index contributed by atoms with van der Waals surface area (Å²) in [6.45, 7) is 2.90. The predicted molar refractivity (Wildman–Crippen MR) is 131 cm³/mol. The van der Waals surface area contributed by atoms with E-state index in [0.717, 1.165) is 35.4 Å². The second-order valence-electron chi connectivity index (χ2n) is 8.49. The summed E-state index contributed by atoms with van der Waals surface area (Å²) < 4.78 is 10.5. The van der Waals surface area contributed by atoms with Crippen molar-refractivity contribution in [2.24, 2.45) is 5.10 Å². The third-order valence-electron chi connectivity index (χ3n) is 6.36. The maximum Gasteiger partial charge on any atom is 0.323 e. The zero-order valence-corrected chi connectivity index (χ0v) is 20.3. The van der Waals surface area contributed by atoms with Crippen LogP contribution in [0.15, 0.2) is 53.6 Å². The molecular weight excluding hydrogens is 454 g/mol. The molecule has 0 radical (unpaired) electrons. The summed E-state index contributed by atoms with van der Waals surface area (Å²) in [6, 6.07) is 14.5. The summed E-state index contributed by atoms with van der Waals surface area (Å²) in [6.07, 6.45) is 3.13. The van der Waals surface area contributed by atoms with Crippen molar-refractivity contribution in [1.82, 2.24) is 9.91 Å². The second kappa shape index (κ2) is 11.0. The molecule has 0 N–H and O–H groups in total. The van der Waals surface area contributed by atoms with Gasteiger partial charge in [0.05, 0.1) is 32.0 Å². The number of hydrogen-bond acceptors (Lipinski definition) is 6. The number of carbonyl (C=O) groups is 2. The van der Waals surface area contributed by atoms with Crippen LogP contribution in [0.2, 0.25) is 5.02 Å². The van der Waals surface area contributed by atoms with Gasteiger partial charge in [-0.25, -0.2) is 5.01 Å². The Morgan fingerprint density at radius 1 is 1.12 bits per heavy atom. The number of piperidine rings is 1. The lowest BCUT2D eigenvalue weighted by atomic mass is 9.98. The molecule has 180 valence electrons. The predicted octanol–water partition coefficient (Wildman–Crippen LogP) is 4.44. The van der Waals surface area contributed by atoms with E-state index in [1.54, 1.807) is 14.0 Å². The van der Waals surface area contributed by atoms with Gasteiger partial charge in [-0.3, -0.25) is 14.5 Å². The van der Waals surface area contributed by atoms with Crippen LogP contribution in [-0.4, -0.2) is 60.3 Å². The molecule has 0 bridgehead atoms. The Bertz CT molecular complexity index is 1060. The molecular formula is C26H30ClN3O4. The fraction of sp³-hybridized carbons (Fsp3) is 0.423. The van der Waals surface area contributed by atoms with Gasteiger partial charge in [0.1, 0.15) is 11.8 Å². The van der Waals surface area contributed by atoms with Gasteiger partial charge in [0.25, 0.3) is 5.91 Å². The SMILES string of the molecule is CCOC(=O)C1CCCCN1CC(=O)N1N=C(c2ccc(OC)cc2)CC1c1ccccc1Cl. The van der Waals surface area contributed by atoms with Crippen LogP contribution in [0.5, 0.6) is 5.75 Å². The molecule has 0 aromatic heterocycles. The smallest absolute Gasteiger partial charge is 0.323 e. The first-order chi connectivity index (χ1) is 16.5. The van der Waals surface area contributed by atoms with Crippen LogP contribution in [-0.2, 0) is 14.3 Å². The van der Waals surface area contributed by atoms with Crippen LogP contribution >= 0.6 is 11.6 Å². The van der Waals surface area contributed by atoms with E-state index in [1.165, 1.54) is 5.01 Å². The summed E-state index contributed by atoms with van der Waals surface area (Å²) in [5, 5.41) is 6.88. The maximum absolute atomic E-state index is 13.6. The Hall–Kier alpha value is -2.90. The molecule has 4 rings (SSSR count). The highest BCUT2D eigenvalue weighted by molar-refractivity contribution is 6.31. The summed E-state index contributed by atoms with van der Waals surface area (Å²) in [5.41, 5.74) is 2.59. The van der Waals surface area contributed by atoms with Gasteiger partial charge in [-0.2, -0.15) is 5.10 Å². The number of carbonyl (C=O) groups excluding carboxylic acids is 2. The largest absolute Gasteiger partial charge is 0.497 e. The van der Waals surface area contributed by atoms with Gasteiger partial charge in [0.15, 0.2) is 0 Å². The Kier molecular flexibility index (Phi) is 7.85. The number of esters is 1. The minimum Gasteiger partial charge on any atom is -0.497 e. The van der Waals surface area contributed by atoms with Gasteiger partial charge in [-0.1, -0.05) is 36.2 Å². The summed E-state index contributed by atoms with van der Waals surface area (Å²) in [4.78, 5) is 28.0. The van der Waals surface area contributed by atoms with Crippen molar-refractivity contribution < 1.29 is 19.1 Å². The van der Waals surface area contributed by atoms with Crippen molar-refractivity contribution in [3.63, 3.8) is 0 Å². The van der Waals surface area contributed by atoms with Gasteiger partial charge in [0.2, 0.25) is 0 Å². The lowest BCUT2D eigenvalue weighted by molar-refractivity contribution is -0.152. The molecule has 2 aliphatic rings. The van der Waals surface area contributed by atoms with Crippen LogP contribution in [0.3, 0.4) is 0 Å². The molecule has 2 aliphatic heterocycles. The van der Waals surface area contributed by atoms with E-state index in [2.05, 4.69) is 0 Å². The summed E-state index contributed by atoms with van der Waals surface area (Å²) in [5.74, 6) is 0.333. The van der Waals surface area contributed by atoms with Gasteiger partial charge in [-0.05, 0) is 67.8 Å². The zero-order chi connectivity index (χ0) is 24.1. The molecule has 0 saturated carbocycles. The molecule has 1 fully saturated rings. The number of nitrogens with zero attached hydrogens (tertiary/aromatic N) is 3. The average molecular weight is 484 g/mol. The number of amides is 1. The number of likely N-dealkylation sites (tertiary alicyclic amines) is 1. The molecule has 2 aromatic rings. The topological polar surface area (TPSA) is 71.4 Å². The van der Waals surface area contributed by atoms with E-state index < -0.39 is 6.04 Å². The Morgan fingerprint density at radius 3 is 2.59 bits per heavy atom. The second-order valence-corrected chi connectivity index (χ2v) is 8.90. The Morgan fingerprint density at radius 2 is 1.88 bits per heavy atom. The van der Waals surface area contributed by atoms with E-state index in [0.29, 0.717) is 31.0 Å². The van der Waals surface area contributed by atoms with Crippen molar-refractivity contribution in [2.45, 2.75) is 44.7 Å². The molecule has 2 heterocycles. The summed E-state index contributed by atoms with van der Waals surface area (Å²) >= 11 is 6.52. The highest BCUT2D eigenvalue weighted by atomic mass is 35.5. The van der Waals surface area contributed by atoms with Crippen LogP contribution in [0.4, 0.5) is 0 Å². The molecule has 34 heavy (non-hydrogen) atoms. The number of ether oxygens (including phenoxy) is 2. The van der Waals surface area contributed by atoms with Crippen molar-refractivity contribution in [3.8, 4) is 5.75 Å². The van der Waals surface area contributed by atoms with Crippen molar-refractivity contribution in [2.75, 3.05) is 26.8 Å². The molecule has 0 aliphatic carbocycles. The normalized spacial score (nSPS) is 20.7. The fourth-order valence-corrected chi connectivity index (χ4v) is 4.88. The van der Waals surface area contributed by atoms with Gasteiger partial charge < -0.3 is 9.47 Å². The van der Waals surface area contributed by atoms with Crippen molar-refractivity contribution in [3.05, 3.63) is 64.7 Å². The van der Waals surface area contributed by atoms with Gasteiger partial charge in [0, 0.05) is 11.4 Å². The summed E-state index contributed by atoms with van der Waals surface area (Å²) in [7, 11) is 1.63. The number of hydrazone groups is 1. The van der Waals surface area contributed by atoms with E-state index in [9.17, 15) is 9.59 Å². The zero-order valence-electron chi connectivity index (χ0n) is 19.6. The van der Waals surface area contributed by atoms with E-state index >= 15 is 0 Å². The van der Waals surface area contributed by atoms with Crippen LogP contribution in [0, 0.1) is 0 Å². The molecule has 7 nitrogen and oxygen atoms in total. The average Bonchev–Trinajstić information content (AvgIpc) is 3.30. The molecule has 2 aromatic carbocycles. The number of benzene rings is 2. The highest BCUT2D eigenvalue weighted by Crippen LogP contribution is 2.36. The van der Waals surface area contributed by atoms with Crippen LogP contribution in [0.1, 0.15) is 49.8 Å². The fourth-order valence-electron chi connectivity index (χ4n) is 4.62. The molecule has 2 unspecified atom stereocenters. The number of halogens is 1.